The SMILES string of the molecule is CC1=NOC(C)C1c1ccc2c(c1)nc([C@@H]1CCOC(=O)N1)n2[C@@H]1CCN(C)C1. The quantitative estimate of drug-likeness (QED) is 0.861. The first-order chi connectivity index (χ1) is 14.0. The molecule has 3 aliphatic heterocycles. The van der Waals surface area contributed by atoms with E-state index in [2.05, 4.69) is 45.2 Å². The van der Waals surface area contributed by atoms with Crippen molar-refractivity contribution in [3.63, 3.8) is 0 Å². The lowest BCUT2D eigenvalue weighted by Gasteiger charge is -2.26. The van der Waals surface area contributed by atoms with Crippen LogP contribution in [-0.4, -0.2) is 59.1 Å². The topological polar surface area (TPSA) is 81.0 Å². The largest absolute Gasteiger partial charge is 0.449 e. The number of nitrogens with zero attached hydrogens (tertiary/aromatic N) is 4. The van der Waals surface area contributed by atoms with E-state index in [9.17, 15) is 4.79 Å². The summed E-state index contributed by atoms with van der Waals surface area (Å²) in [5.74, 6) is 1.07. The van der Waals surface area contributed by atoms with Crippen LogP contribution in [0.2, 0.25) is 0 Å². The molecule has 1 aromatic carbocycles. The minimum atomic E-state index is -0.368. The van der Waals surface area contributed by atoms with Gasteiger partial charge in [-0.05, 0) is 51.6 Å². The van der Waals surface area contributed by atoms with Crippen LogP contribution < -0.4 is 5.32 Å². The van der Waals surface area contributed by atoms with E-state index in [-0.39, 0.29) is 24.2 Å². The van der Waals surface area contributed by atoms with Crippen molar-refractivity contribution >= 4 is 22.8 Å². The molecule has 2 saturated heterocycles. The molecule has 1 N–H and O–H groups in total. The highest BCUT2D eigenvalue weighted by Gasteiger charge is 2.33. The summed E-state index contributed by atoms with van der Waals surface area (Å²) >= 11 is 0. The number of imidazole rings is 1. The van der Waals surface area contributed by atoms with Gasteiger partial charge in [-0.1, -0.05) is 11.2 Å². The first-order valence-electron chi connectivity index (χ1n) is 10.3. The van der Waals surface area contributed by atoms with Gasteiger partial charge in [0.2, 0.25) is 0 Å². The number of likely N-dealkylation sites (tertiary alicyclic amines) is 1. The monoisotopic (exact) mass is 397 g/mol. The maximum absolute atomic E-state index is 11.8. The number of hydrogen-bond acceptors (Lipinski definition) is 6. The van der Waals surface area contributed by atoms with Gasteiger partial charge in [0.05, 0.1) is 35.3 Å². The zero-order valence-electron chi connectivity index (χ0n) is 17.1. The third-order valence-corrected chi connectivity index (χ3v) is 6.36. The Bertz CT molecular complexity index is 984. The van der Waals surface area contributed by atoms with Gasteiger partial charge < -0.3 is 24.4 Å². The van der Waals surface area contributed by atoms with E-state index in [0.29, 0.717) is 12.6 Å². The average molecular weight is 397 g/mol. The molecule has 8 nitrogen and oxygen atoms in total. The zero-order chi connectivity index (χ0) is 20.1. The molecule has 2 aromatic rings. The van der Waals surface area contributed by atoms with Crippen molar-refractivity contribution in [3.8, 4) is 0 Å². The van der Waals surface area contributed by atoms with E-state index in [0.717, 1.165) is 48.5 Å². The molecular weight excluding hydrogens is 370 g/mol. The molecule has 0 saturated carbocycles. The third kappa shape index (κ3) is 3.15. The van der Waals surface area contributed by atoms with Gasteiger partial charge in [0.25, 0.3) is 0 Å². The predicted molar refractivity (Wildman–Crippen MR) is 109 cm³/mol. The van der Waals surface area contributed by atoms with Crippen LogP contribution >= 0.6 is 0 Å². The van der Waals surface area contributed by atoms with Crippen LogP contribution in [0.25, 0.3) is 11.0 Å². The Hall–Kier alpha value is -2.61. The van der Waals surface area contributed by atoms with Crippen molar-refractivity contribution in [2.75, 3.05) is 26.7 Å². The van der Waals surface area contributed by atoms with Gasteiger partial charge in [-0.15, -0.1) is 0 Å². The van der Waals surface area contributed by atoms with E-state index < -0.39 is 0 Å². The molecule has 154 valence electrons. The Morgan fingerprint density at radius 2 is 2.14 bits per heavy atom. The van der Waals surface area contributed by atoms with Crippen molar-refractivity contribution in [1.29, 1.82) is 0 Å². The number of fused-ring (bicyclic) bond motifs is 1. The number of aromatic nitrogens is 2. The number of carbonyl (C=O) groups is 1. The fraction of sp³-hybridized carbons (Fsp3) is 0.571. The maximum Gasteiger partial charge on any atom is 0.407 e. The van der Waals surface area contributed by atoms with E-state index in [1.165, 1.54) is 5.56 Å². The van der Waals surface area contributed by atoms with Gasteiger partial charge >= 0.3 is 6.09 Å². The Morgan fingerprint density at radius 3 is 2.83 bits per heavy atom. The first-order valence-corrected chi connectivity index (χ1v) is 10.3. The number of carbonyl (C=O) groups excluding carboxylic acids is 1. The van der Waals surface area contributed by atoms with Crippen molar-refractivity contribution in [2.45, 2.75) is 50.8 Å². The fourth-order valence-electron chi connectivity index (χ4n) is 4.93. The molecule has 3 aliphatic rings. The second kappa shape index (κ2) is 7.02. The summed E-state index contributed by atoms with van der Waals surface area (Å²) in [5.41, 5.74) is 4.23. The summed E-state index contributed by atoms with van der Waals surface area (Å²) < 4.78 is 7.42. The van der Waals surface area contributed by atoms with E-state index in [4.69, 9.17) is 14.6 Å². The fourth-order valence-corrected chi connectivity index (χ4v) is 4.93. The second-order valence-electron chi connectivity index (χ2n) is 8.44. The predicted octanol–water partition coefficient (Wildman–Crippen LogP) is 2.96. The molecule has 8 heteroatoms. The van der Waals surface area contributed by atoms with Crippen LogP contribution in [0.3, 0.4) is 0 Å². The minimum absolute atomic E-state index is 0.0206. The van der Waals surface area contributed by atoms with Crippen molar-refractivity contribution < 1.29 is 14.4 Å². The number of amides is 1. The smallest absolute Gasteiger partial charge is 0.407 e. The summed E-state index contributed by atoms with van der Waals surface area (Å²) in [7, 11) is 2.15. The van der Waals surface area contributed by atoms with Crippen LogP contribution in [0.15, 0.2) is 23.4 Å². The number of benzene rings is 1. The molecule has 4 atom stereocenters. The van der Waals surface area contributed by atoms with Gasteiger partial charge in [-0.2, -0.15) is 0 Å². The molecule has 2 unspecified atom stereocenters. The molecule has 1 aromatic heterocycles. The summed E-state index contributed by atoms with van der Waals surface area (Å²) in [6.07, 6.45) is 1.46. The molecule has 0 aliphatic carbocycles. The molecule has 29 heavy (non-hydrogen) atoms. The van der Waals surface area contributed by atoms with Crippen molar-refractivity contribution in [1.82, 2.24) is 19.8 Å². The summed E-state index contributed by atoms with van der Waals surface area (Å²) in [5, 5.41) is 7.11. The van der Waals surface area contributed by atoms with E-state index in [1.807, 2.05) is 13.8 Å². The Labute approximate surface area is 169 Å². The minimum Gasteiger partial charge on any atom is -0.449 e. The number of cyclic esters (lactones) is 1. The summed E-state index contributed by atoms with van der Waals surface area (Å²) in [6.45, 7) is 6.52. The second-order valence-corrected chi connectivity index (χ2v) is 8.44. The van der Waals surface area contributed by atoms with E-state index >= 15 is 0 Å². The molecule has 2 fully saturated rings. The Balaban J connectivity index is 1.60. The van der Waals surface area contributed by atoms with E-state index in [1.54, 1.807) is 0 Å². The third-order valence-electron chi connectivity index (χ3n) is 6.36. The number of likely N-dealkylation sites (N-methyl/N-ethyl adjacent to an activating group) is 1. The van der Waals surface area contributed by atoms with Crippen LogP contribution in [0.1, 0.15) is 56.1 Å². The number of nitrogens with one attached hydrogen (secondary N) is 1. The van der Waals surface area contributed by atoms with Crippen LogP contribution in [0.5, 0.6) is 0 Å². The average Bonchev–Trinajstić information content (AvgIpc) is 3.38. The summed E-state index contributed by atoms with van der Waals surface area (Å²) in [6, 6.07) is 6.71. The lowest BCUT2D eigenvalue weighted by Crippen LogP contribution is -2.37. The molecule has 4 heterocycles. The van der Waals surface area contributed by atoms with Crippen molar-refractivity contribution in [2.24, 2.45) is 5.16 Å². The number of rotatable bonds is 3. The number of alkyl carbamates (subject to hydrolysis) is 1. The number of hydrogen-bond donors (Lipinski definition) is 1. The highest BCUT2D eigenvalue weighted by Crippen LogP contribution is 2.35. The Kier molecular flexibility index (Phi) is 4.46. The number of ether oxygens (including phenoxy) is 1. The van der Waals surface area contributed by atoms with Gasteiger partial charge in [-0.25, -0.2) is 9.78 Å². The van der Waals surface area contributed by atoms with Crippen LogP contribution in [0, 0.1) is 0 Å². The Morgan fingerprint density at radius 1 is 1.28 bits per heavy atom. The highest BCUT2D eigenvalue weighted by molar-refractivity contribution is 5.91. The standard InChI is InChI=1S/C21H27N5O3/c1-12-19(13(2)29-24-12)14-4-5-18-17(10-14)22-20(16-7-9-28-21(27)23-16)26(18)15-6-8-25(3)11-15/h4-5,10,13,15-16,19H,6-9,11H2,1-3H3,(H,23,27)/t13?,15-,16+,19?/m1/s1. The first kappa shape index (κ1) is 18.4. The summed E-state index contributed by atoms with van der Waals surface area (Å²) in [4.78, 5) is 24.7. The molecule has 5 rings (SSSR count). The van der Waals surface area contributed by atoms with Crippen LogP contribution in [0.4, 0.5) is 4.79 Å². The molecule has 0 spiro atoms. The zero-order valence-corrected chi connectivity index (χ0v) is 17.1. The molecule has 0 radical (unpaired) electrons. The molecular formula is C21H27N5O3. The molecule has 1 amide bonds. The van der Waals surface area contributed by atoms with Gasteiger partial charge in [0.1, 0.15) is 11.9 Å². The van der Waals surface area contributed by atoms with Crippen molar-refractivity contribution in [3.05, 3.63) is 29.6 Å². The van der Waals surface area contributed by atoms with Gasteiger partial charge in [0, 0.05) is 19.0 Å². The molecule has 0 bridgehead atoms. The normalized spacial score (nSPS) is 30.2. The van der Waals surface area contributed by atoms with Gasteiger partial charge in [0.15, 0.2) is 0 Å². The lowest BCUT2D eigenvalue weighted by atomic mass is 9.91. The van der Waals surface area contributed by atoms with Gasteiger partial charge in [-0.3, -0.25) is 0 Å². The lowest BCUT2D eigenvalue weighted by molar-refractivity contribution is 0.0905. The highest BCUT2D eigenvalue weighted by atomic mass is 16.6. The van der Waals surface area contributed by atoms with Crippen LogP contribution in [-0.2, 0) is 9.57 Å². The number of oxime groups is 1. The maximum atomic E-state index is 11.8.